The fourth-order valence-electron chi connectivity index (χ4n) is 17.1. The van der Waals surface area contributed by atoms with Crippen molar-refractivity contribution in [2.45, 2.75) is 180 Å². The molecule has 7 N–H and O–H groups in total. The molecule has 1 aromatic heterocycles. The number of phenols is 2. The van der Waals surface area contributed by atoms with Gasteiger partial charge in [-0.3, -0.25) is 24.1 Å². The van der Waals surface area contributed by atoms with Crippen LogP contribution in [0.25, 0.3) is 17.1 Å². The van der Waals surface area contributed by atoms with Gasteiger partial charge in [-0.2, -0.15) is 22.1 Å². The lowest BCUT2D eigenvalue weighted by Crippen LogP contribution is -2.81. The van der Waals surface area contributed by atoms with Crippen LogP contribution in [-0.4, -0.2) is 221 Å². The van der Waals surface area contributed by atoms with Crippen molar-refractivity contribution in [3.8, 4) is 28.6 Å². The largest absolute Gasteiger partial charge is 0.508 e. The number of nitrogens with one attached hydrogen (secondary N) is 2. The predicted octanol–water partition coefficient (Wildman–Crippen LogP) is 5.90. The van der Waals surface area contributed by atoms with E-state index < -0.39 is 146 Å². The molecule has 29 nitrogen and oxygen atoms in total. The maximum Gasteiger partial charge on any atom is 0.408 e. The fourth-order valence-corrected chi connectivity index (χ4v) is 18.7. The minimum atomic E-state index is -3.91. The van der Waals surface area contributed by atoms with Crippen molar-refractivity contribution in [2.24, 2.45) is 28.6 Å². The molecule has 3 aliphatic carbocycles. The molecule has 5 aromatic rings. The molecule has 4 saturated heterocycles. The number of ether oxygens (including phenoxy) is 6. The average Bonchev–Trinajstić information content (AvgIpc) is 0.908. The number of piperidine rings is 2. The number of Topliss-reactive ketones (excluding diaryl/α,β-unsaturated/α-hetero) is 1. The van der Waals surface area contributed by atoms with E-state index in [4.69, 9.17) is 28.4 Å². The number of aliphatic hydroxyl groups is 3. The van der Waals surface area contributed by atoms with Gasteiger partial charge in [0.15, 0.2) is 17.2 Å². The maximum absolute atomic E-state index is 15.6. The molecule has 12 rings (SSSR count). The molecule has 4 aromatic carbocycles. The van der Waals surface area contributed by atoms with Gasteiger partial charge in [0.1, 0.15) is 53.2 Å². The maximum atomic E-state index is 15.6. The number of aliphatic hydroxyl groups excluding tert-OH is 2. The second-order valence-corrected chi connectivity index (χ2v) is 33.3. The number of benzene rings is 4. The smallest absolute Gasteiger partial charge is 0.408 e. The molecule has 0 unspecified atom stereocenters. The molecule has 30 heteroatoms. The number of rotatable bonds is 18. The lowest BCUT2D eigenvalue weighted by molar-refractivity contribution is -0.346. The number of aromatic hydroxyl groups is 2. The number of ketones is 1. The average molecular weight is 1500 g/mol. The zero-order chi connectivity index (χ0) is 77.2. The third-order valence-electron chi connectivity index (χ3n) is 23.0. The standard InChI is InChI=1S/C77H96N8O21S/c1-43(2)52-37-53(55(88)38-54(52)87)66-79-80-71(96)85(66)51-23-21-46(22-24-51)41-81-33-35-84(36-34-81)107(99,100)83-31-27-48(28-32-83)67(92)82-29-25-50(26-30-82)68(93)103-62(60(47-17-13-11-14-18-47)78-72(97)106-73(5,6)7)70(95)102-56-40-77(98)65(104-69(94)49-19-15-12-16-20-49)63-75(10,64(91)61(90)59(44(56)3)74(77,8)9)57(89)39-58-76(63,42-101-58)105-45(4)86/h11-24,37-38,43,48,50,56-58,60-63,65,87-90,98H,25-36,39-42H2,1-10H3,(H,78,97)(H,80,96)/t56-,57-,58+,60-,61+,62+,63-,65-,75+,76-,77+/m0/s1. The molecule has 2 saturated carbocycles. The van der Waals surface area contributed by atoms with Gasteiger partial charge in [-0.1, -0.05) is 88.4 Å². The fraction of sp³-hybridized carbons (Fsp3) is 0.545. The zero-order valence-electron chi connectivity index (χ0n) is 61.8. The van der Waals surface area contributed by atoms with Crippen LogP contribution in [0.4, 0.5) is 4.79 Å². The molecule has 576 valence electrons. The number of phenolic OH excluding ortho intramolecular Hbond substituents is 2. The van der Waals surface area contributed by atoms with E-state index in [9.17, 15) is 62.7 Å². The van der Waals surface area contributed by atoms with Gasteiger partial charge < -0.3 is 64.2 Å². The summed E-state index contributed by atoms with van der Waals surface area (Å²) in [5, 5.41) is 69.4. The lowest BCUT2D eigenvalue weighted by Gasteiger charge is -2.67. The monoisotopic (exact) mass is 1500 g/mol. The Bertz CT molecular complexity index is 4420. The molecule has 7 aliphatic rings. The van der Waals surface area contributed by atoms with Gasteiger partial charge in [0.25, 0.3) is 10.2 Å². The van der Waals surface area contributed by atoms with Crippen molar-refractivity contribution in [3.63, 3.8) is 0 Å². The molecular formula is C77H96N8O21S. The molecule has 5 heterocycles. The Balaban J connectivity index is 0.721. The summed E-state index contributed by atoms with van der Waals surface area (Å²) in [6.45, 7) is 17.6. The Hall–Kier alpha value is -8.88. The minimum absolute atomic E-state index is 0.0249. The summed E-state index contributed by atoms with van der Waals surface area (Å²) in [6.07, 6.45) is -11.7. The number of alkyl carbamates (subject to hydrolysis) is 1. The zero-order valence-corrected chi connectivity index (χ0v) is 62.6. The van der Waals surface area contributed by atoms with E-state index in [-0.39, 0.29) is 135 Å². The normalized spacial score (nSPS) is 27.3. The molecule has 2 bridgehead atoms. The van der Waals surface area contributed by atoms with Crippen LogP contribution >= 0.6 is 0 Å². The topological polar surface area (TPSA) is 386 Å². The Morgan fingerprint density at radius 3 is 2.01 bits per heavy atom. The van der Waals surface area contributed by atoms with Crippen molar-refractivity contribution in [1.29, 1.82) is 0 Å². The SMILES string of the molecule is CC(=O)O[C@@]12CO[C@@H]1C[C@H](O)[C@@]1(C)C(=O)[C@H](O)C3=C(C)[C@@H](OC(=O)[C@H](OC(=O)C4CCN(C(=O)C5CCN(S(=O)(=O)N6CCN(Cc7ccc(-n8c(-c9cc(C(C)C)c(O)cc9O)n[nH]c8=O)cc7)CC6)CC5)CC4)[C@@H](NC(=O)OC(C)(C)C)c4ccccc4)C[C@@](O)([C@@H](OC(=O)c4ccccc4)[C@H]21)C3(C)C. The number of carbonyl (C=O) groups is 7. The molecule has 2 amide bonds. The first kappa shape index (κ1) is 77.7. The van der Waals surface area contributed by atoms with Crippen LogP contribution in [0.5, 0.6) is 11.5 Å². The quantitative estimate of drug-likeness (QED) is 0.0305. The van der Waals surface area contributed by atoms with Crippen LogP contribution in [0.1, 0.15) is 147 Å². The highest BCUT2D eigenvalue weighted by Crippen LogP contribution is 2.64. The van der Waals surface area contributed by atoms with E-state index >= 15 is 9.59 Å². The van der Waals surface area contributed by atoms with Crippen LogP contribution in [0.15, 0.2) is 113 Å². The molecule has 6 fully saturated rings. The first-order chi connectivity index (χ1) is 50.5. The van der Waals surface area contributed by atoms with E-state index in [0.717, 1.165) is 12.5 Å². The lowest BCUT2D eigenvalue weighted by atomic mass is 9.44. The van der Waals surface area contributed by atoms with E-state index in [1.54, 1.807) is 92.4 Å². The van der Waals surface area contributed by atoms with E-state index in [1.807, 2.05) is 26.0 Å². The molecular weight excluding hydrogens is 1400 g/mol. The Labute approximate surface area is 620 Å². The number of nitrogens with zero attached hydrogens (tertiary/aromatic N) is 6. The van der Waals surface area contributed by atoms with Gasteiger partial charge in [0.2, 0.25) is 12.0 Å². The van der Waals surface area contributed by atoms with Gasteiger partial charge in [0, 0.05) is 96.1 Å². The number of aromatic amines is 1. The van der Waals surface area contributed by atoms with Gasteiger partial charge in [0.05, 0.1) is 46.8 Å². The van der Waals surface area contributed by atoms with E-state index in [1.165, 1.54) is 59.1 Å². The molecule has 0 radical (unpaired) electrons. The van der Waals surface area contributed by atoms with Crippen molar-refractivity contribution in [3.05, 3.63) is 141 Å². The highest BCUT2D eigenvalue weighted by molar-refractivity contribution is 7.86. The summed E-state index contributed by atoms with van der Waals surface area (Å²) >= 11 is 0. The number of piperazine rings is 1. The van der Waals surface area contributed by atoms with Gasteiger partial charge in [-0.25, -0.2) is 28.8 Å². The van der Waals surface area contributed by atoms with Crippen LogP contribution < -0.4 is 11.0 Å². The second kappa shape index (κ2) is 29.9. The van der Waals surface area contributed by atoms with Crippen molar-refractivity contribution in [1.82, 2.24) is 38.5 Å². The van der Waals surface area contributed by atoms with E-state index in [0.29, 0.717) is 30.9 Å². The van der Waals surface area contributed by atoms with Crippen LogP contribution in [0.3, 0.4) is 0 Å². The minimum Gasteiger partial charge on any atom is -0.508 e. The van der Waals surface area contributed by atoms with Gasteiger partial charge in [-0.15, -0.1) is 0 Å². The van der Waals surface area contributed by atoms with Gasteiger partial charge >= 0.3 is 35.7 Å². The highest BCUT2D eigenvalue weighted by atomic mass is 32.2. The summed E-state index contributed by atoms with van der Waals surface area (Å²) in [6, 6.07) is 24.4. The molecule has 11 atom stereocenters. The third-order valence-corrected chi connectivity index (χ3v) is 25.0. The third kappa shape index (κ3) is 14.7. The van der Waals surface area contributed by atoms with Crippen molar-refractivity contribution < 1.29 is 95.9 Å². The van der Waals surface area contributed by atoms with Gasteiger partial charge in [-0.05, 0) is 124 Å². The highest BCUT2D eigenvalue weighted by Gasteiger charge is 2.78. The Morgan fingerprint density at radius 1 is 0.794 bits per heavy atom. The van der Waals surface area contributed by atoms with Crippen LogP contribution in [0, 0.1) is 28.6 Å². The van der Waals surface area contributed by atoms with Crippen molar-refractivity contribution in [2.75, 3.05) is 59.0 Å². The number of hydrogen-bond acceptors (Lipinski definition) is 23. The summed E-state index contributed by atoms with van der Waals surface area (Å²) in [5.74, 6) is -8.43. The Morgan fingerprint density at radius 2 is 1.41 bits per heavy atom. The van der Waals surface area contributed by atoms with Crippen molar-refractivity contribution >= 4 is 51.9 Å². The Kier molecular flexibility index (Phi) is 21.7. The summed E-state index contributed by atoms with van der Waals surface area (Å²) in [5.41, 5.74) is -7.35. The number of carbonyl (C=O) groups excluding carboxylic acids is 7. The molecule has 107 heavy (non-hydrogen) atoms. The first-order valence-corrected chi connectivity index (χ1v) is 37.8. The first-order valence-electron chi connectivity index (χ1n) is 36.4. The van der Waals surface area contributed by atoms with E-state index in [2.05, 4.69) is 20.4 Å². The van der Waals surface area contributed by atoms with Crippen LogP contribution in [0.2, 0.25) is 0 Å². The summed E-state index contributed by atoms with van der Waals surface area (Å²) in [4.78, 5) is 119. The number of aromatic nitrogens is 3. The molecule has 0 spiro atoms. The number of esters is 4. The number of fused-ring (bicyclic) bond motifs is 5. The predicted molar refractivity (Wildman–Crippen MR) is 384 cm³/mol. The summed E-state index contributed by atoms with van der Waals surface area (Å²) < 4.78 is 69.5. The second-order valence-electron chi connectivity index (χ2n) is 31.4. The number of H-pyrrole nitrogens is 1. The number of amides is 2. The number of hydrogen-bond donors (Lipinski definition) is 7. The molecule has 4 aliphatic heterocycles. The number of likely N-dealkylation sites (tertiary alicyclic amines) is 1. The van der Waals surface area contributed by atoms with Crippen LogP contribution in [-0.2, 0) is 69.1 Å². The summed E-state index contributed by atoms with van der Waals surface area (Å²) in [7, 11) is -3.91.